The number of ether oxygens (including phenoxy) is 1. The molecule has 1 saturated heterocycles. The highest BCUT2D eigenvalue weighted by atomic mass is 35.5. The van der Waals surface area contributed by atoms with Crippen LogP contribution in [0.3, 0.4) is 0 Å². The minimum absolute atomic E-state index is 0.301. The molecule has 0 aromatic carbocycles. The van der Waals surface area contributed by atoms with Crippen LogP contribution >= 0.6 is 11.6 Å². The molecule has 66 valence electrons. The van der Waals surface area contributed by atoms with Crippen LogP contribution < -0.4 is 0 Å². The highest BCUT2D eigenvalue weighted by molar-refractivity contribution is 6.20. The summed E-state index contributed by atoms with van der Waals surface area (Å²) in [6.07, 6.45) is 2.42. The second kappa shape index (κ2) is 4.32. The zero-order valence-electron chi connectivity index (χ0n) is 7.35. The van der Waals surface area contributed by atoms with Crippen molar-refractivity contribution >= 4 is 11.6 Å². The minimum atomic E-state index is 0.301. The van der Waals surface area contributed by atoms with Gasteiger partial charge < -0.3 is 4.74 Å². The monoisotopic (exact) mass is 176 g/mol. The molecule has 2 atom stereocenters. The normalized spacial score (nSPS) is 28.9. The van der Waals surface area contributed by atoms with Gasteiger partial charge in [-0.25, -0.2) is 0 Å². The largest absolute Gasteiger partial charge is 0.381 e. The molecule has 11 heavy (non-hydrogen) atoms. The predicted molar refractivity (Wildman–Crippen MR) is 48.0 cm³/mol. The molecule has 2 unspecified atom stereocenters. The van der Waals surface area contributed by atoms with E-state index in [1.54, 1.807) is 0 Å². The number of alkyl halides is 1. The van der Waals surface area contributed by atoms with E-state index in [4.69, 9.17) is 16.3 Å². The molecular formula is C9H17ClO. The summed E-state index contributed by atoms with van der Waals surface area (Å²) in [5, 5.41) is 0.301. The van der Waals surface area contributed by atoms with Gasteiger partial charge in [-0.1, -0.05) is 13.8 Å². The van der Waals surface area contributed by atoms with Crippen LogP contribution in [0.25, 0.3) is 0 Å². The fourth-order valence-corrected chi connectivity index (χ4v) is 1.76. The zero-order valence-corrected chi connectivity index (χ0v) is 8.10. The van der Waals surface area contributed by atoms with Gasteiger partial charge in [-0.3, -0.25) is 0 Å². The Labute approximate surface area is 74.1 Å². The summed E-state index contributed by atoms with van der Waals surface area (Å²) >= 11 is 6.21. The Morgan fingerprint density at radius 1 is 1.45 bits per heavy atom. The van der Waals surface area contributed by atoms with Crippen LogP contribution in [0, 0.1) is 11.8 Å². The maximum atomic E-state index is 6.21. The Balaban J connectivity index is 2.32. The van der Waals surface area contributed by atoms with Crippen molar-refractivity contribution in [2.75, 3.05) is 13.2 Å². The molecule has 2 heteroatoms. The molecule has 1 nitrogen and oxygen atoms in total. The molecule has 0 N–H and O–H groups in total. The molecule has 1 heterocycles. The first kappa shape index (κ1) is 9.34. The van der Waals surface area contributed by atoms with E-state index in [9.17, 15) is 0 Å². The van der Waals surface area contributed by atoms with Gasteiger partial charge in [-0.05, 0) is 24.7 Å². The summed E-state index contributed by atoms with van der Waals surface area (Å²) in [4.78, 5) is 0. The first-order valence-electron chi connectivity index (χ1n) is 4.43. The first-order valence-corrected chi connectivity index (χ1v) is 4.87. The lowest BCUT2D eigenvalue weighted by atomic mass is 9.92. The molecular weight excluding hydrogens is 160 g/mol. The van der Waals surface area contributed by atoms with Gasteiger partial charge >= 0.3 is 0 Å². The van der Waals surface area contributed by atoms with Gasteiger partial charge in [0, 0.05) is 12.0 Å². The van der Waals surface area contributed by atoms with E-state index < -0.39 is 0 Å². The molecule has 0 saturated carbocycles. The molecule has 0 aliphatic carbocycles. The van der Waals surface area contributed by atoms with Crippen molar-refractivity contribution in [2.45, 2.75) is 32.1 Å². The van der Waals surface area contributed by atoms with Crippen LogP contribution in [0.1, 0.15) is 26.7 Å². The van der Waals surface area contributed by atoms with Gasteiger partial charge in [-0.2, -0.15) is 0 Å². The summed E-state index contributed by atoms with van der Waals surface area (Å²) in [6.45, 7) is 6.14. The highest BCUT2D eigenvalue weighted by Crippen LogP contribution is 2.26. The molecule has 1 fully saturated rings. The number of hydrogen-bond donors (Lipinski definition) is 0. The van der Waals surface area contributed by atoms with E-state index in [1.807, 2.05) is 0 Å². The van der Waals surface area contributed by atoms with Gasteiger partial charge in [0.1, 0.15) is 0 Å². The molecule has 0 aromatic heterocycles. The van der Waals surface area contributed by atoms with Gasteiger partial charge in [0.2, 0.25) is 0 Å². The quantitative estimate of drug-likeness (QED) is 0.588. The van der Waals surface area contributed by atoms with Gasteiger partial charge in [0.25, 0.3) is 0 Å². The Kier molecular flexibility index (Phi) is 3.67. The second-order valence-corrected chi connectivity index (χ2v) is 4.17. The van der Waals surface area contributed by atoms with E-state index in [1.165, 1.54) is 12.8 Å². The standard InChI is InChI=1S/C9H17ClO/c1-7(2)9(10)8-4-3-5-11-6-8/h7-9H,3-6H2,1-2H3. The molecule has 0 aromatic rings. The summed E-state index contributed by atoms with van der Waals surface area (Å²) in [6, 6.07) is 0. The maximum absolute atomic E-state index is 6.21. The minimum Gasteiger partial charge on any atom is -0.381 e. The third-order valence-corrected chi connectivity index (χ3v) is 3.14. The summed E-state index contributed by atoms with van der Waals surface area (Å²) in [7, 11) is 0. The Hall–Kier alpha value is 0.250. The van der Waals surface area contributed by atoms with Crippen molar-refractivity contribution in [3.05, 3.63) is 0 Å². The average Bonchev–Trinajstić information content (AvgIpc) is 2.05. The molecule has 0 amide bonds. The fraction of sp³-hybridized carbons (Fsp3) is 1.00. The van der Waals surface area contributed by atoms with E-state index in [2.05, 4.69) is 13.8 Å². The van der Waals surface area contributed by atoms with Crippen molar-refractivity contribution in [1.82, 2.24) is 0 Å². The topological polar surface area (TPSA) is 9.23 Å². The number of rotatable bonds is 2. The third kappa shape index (κ3) is 2.64. The average molecular weight is 177 g/mol. The van der Waals surface area contributed by atoms with Crippen molar-refractivity contribution in [2.24, 2.45) is 11.8 Å². The molecule has 0 radical (unpaired) electrons. The van der Waals surface area contributed by atoms with Gasteiger partial charge in [-0.15, -0.1) is 11.6 Å². The second-order valence-electron chi connectivity index (χ2n) is 3.67. The summed E-state index contributed by atoms with van der Waals surface area (Å²) in [5.41, 5.74) is 0. The molecule has 0 spiro atoms. The Morgan fingerprint density at radius 3 is 2.64 bits per heavy atom. The smallest absolute Gasteiger partial charge is 0.0508 e. The summed E-state index contributed by atoms with van der Waals surface area (Å²) in [5.74, 6) is 1.16. The Bertz CT molecular complexity index is 108. The van der Waals surface area contributed by atoms with E-state index in [0.717, 1.165) is 13.2 Å². The van der Waals surface area contributed by atoms with Crippen LogP contribution in [0.15, 0.2) is 0 Å². The lowest BCUT2D eigenvalue weighted by Gasteiger charge is -2.28. The predicted octanol–water partition coefficient (Wildman–Crippen LogP) is 2.68. The molecule has 1 aliphatic rings. The van der Waals surface area contributed by atoms with Crippen LogP contribution in [0.5, 0.6) is 0 Å². The molecule has 1 rings (SSSR count). The van der Waals surface area contributed by atoms with Crippen molar-refractivity contribution in [3.63, 3.8) is 0 Å². The van der Waals surface area contributed by atoms with Gasteiger partial charge in [0.05, 0.1) is 6.61 Å². The van der Waals surface area contributed by atoms with E-state index in [-0.39, 0.29) is 0 Å². The zero-order chi connectivity index (χ0) is 8.27. The lowest BCUT2D eigenvalue weighted by Crippen LogP contribution is -2.28. The molecule has 1 aliphatic heterocycles. The number of hydrogen-bond acceptors (Lipinski definition) is 1. The first-order chi connectivity index (χ1) is 5.22. The van der Waals surface area contributed by atoms with E-state index >= 15 is 0 Å². The number of halogens is 1. The van der Waals surface area contributed by atoms with Crippen LogP contribution in [-0.4, -0.2) is 18.6 Å². The SMILES string of the molecule is CC(C)C(Cl)C1CCCOC1. The van der Waals surface area contributed by atoms with Crippen molar-refractivity contribution in [3.8, 4) is 0 Å². The van der Waals surface area contributed by atoms with Crippen LogP contribution in [0.4, 0.5) is 0 Å². The highest BCUT2D eigenvalue weighted by Gasteiger charge is 2.24. The fourth-order valence-electron chi connectivity index (χ4n) is 1.56. The molecule has 0 bridgehead atoms. The van der Waals surface area contributed by atoms with Gasteiger partial charge in [0.15, 0.2) is 0 Å². The van der Waals surface area contributed by atoms with Crippen LogP contribution in [-0.2, 0) is 4.74 Å². The van der Waals surface area contributed by atoms with Crippen molar-refractivity contribution < 1.29 is 4.74 Å². The Morgan fingerprint density at radius 2 is 2.18 bits per heavy atom. The maximum Gasteiger partial charge on any atom is 0.0508 e. The van der Waals surface area contributed by atoms with E-state index in [0.29, 0.717) is 17.2 Å². The summed E-state index contributed by atoms with van der Waals surface area (Å²) < 4.78 is 5.37. The third-order valence-electron chi connectivity index (χ3n) is 2.28. The van der Waals surface area contributed by atoms with Crippen LogP contribution in [0.2, 0.25) is 0 Å². The van der Waals surface area contributed by atoms with Crippen molar-refractivity contribution in [1.29, 1.82) is 0 Å². The lowest BCUT2D eigenvalue weighted by molar-refractivity contribution is 0.0488.